The zero-order valence-corrected chi connectivity index (χ0v) is 50.6. The van der Waals surface area contributed by atoms with Gasteiger partial charge in [-0.1, -0.05) is 166 Å². The number of rotatable bonds is 12. The zero-order chi connectivity index (χ0) is 53.0. The van der Waals surface area contributed by atoms with Crippen LogP contribution in [-0.2, 0) is 43.3 Å². The van der Waals surface area contributed by atoms with Crippen LogP contribution in [0.3, 0.4) is 0 Å². The molecule has 69 heavy (non-hydrogen) atoms. The van der Waals surface area contributed by atoms with Crippen molar-refractivity contribution in [3.63, 3.8) is 0 Å². The third-order valence-electron chi connectivity index (χ3n) is 12.7. The lowest BCUT2D eigenvalue weighted by atomic mass is 9.79. The van der Waals surface area contributed by atoms with Crippen molar-refractivity contribution in [2.45, 2.75) is 257 Å². The molecule has 4 nitrogen and oxygen atoms in total. The molecule has 4 aromatic carbocycles. The molecular weight excluding hydrogens is 925 g/mol. The number of thioether (sulfide) groups is 4. The molecule has 0 aliphatic rings. The summed E-state index contributed by atoms with van der Waals surface area (Å²) in [6.45, 7) is 52.2. The molecule has 0 saturated carbocycles. The third-order valence-corrected chi connectivity index (χ3v) is 17.9. The number of hydrogen-bond acceptors (Lipinski definition) is 8. The van der Waals surface area contributed by atoms with E-state index in [0.717, 1.165) is 83.4 Å². The number of hydrogen-bond donors (Lipinski definition) is 4. The van der Waals surface area contributed by atoms with E-state index in [1.165, 1.54) is 0 Å². The van der Waals surface area contributed by atoms with E-state index in [9.17, 15) is 20.4 Å². The first kappa shape index (κ1) is 59.0. The summed E-state index contributed by atoms with van der Waals surface area (Å²) in [5.74, 6) is 1.56. The molecule has 4 rings (SSSR count). The van der Waals surface area contributed by atoms with Crippen molar-refractivity contribution in [2.75, 3.05) is 0 Å². The fourth-order valence-corrected chi connectivity index (χ4v) is 14.2. The Balaban J connectivity index is 1.92. The van der Waals surface area contributed by atoms with Gasteiger partial charge in [0.25, 0.3) is 0 Å². The molecule has 0 aromatic heterocycles. The molecule has 0 atom stereocenters. The van der Waals surface area contributed by atoms with E-state index in [0.29, 0.717) is 23.0 Å². The van der Waals surface area contributed by atoms with Crippen LogP contribution in [-0.4, -0.2) is 29.6 Å². The molecule has 4 N–H and O–H groups in total. The van der Waals surface area contributed by atoms with Crippen LogP contribution in [0.25, 0.3) is 0 Å². The molecule has 0 aliphatic carbocycles. The van der Waals surface area contributed by atoms with Crippen LogP contribution in [0.1, 0.15) is 230 Å². The zero-order valence-electron chi connectivity index (χ0n) is 47.3. The van der Waals surface area contributed by atoms with Crippen molar-refractivity contribution in [3.8, 4) is 23.0 Å². The SMILES string of the molecule is CC(C)(C)c1cc(SC(CCCC(Sc2cc(C(C)(C)C)c(O)c(C(C)(C)C)c2)Sc2cc(C(C)(C)C)c(O)c(C(C)(C)C)c2)Sc2cc(C(C)(C)C)c(O)c(C(C)(C)C)c2)cc(C(C)(C)C)c1O. The lowest BCUT2D eigenvalue weighted by Gasteiger charge is -2.30. The molecule has 0 heterocycles. The smallest absolute Gasteiger partial charge is 0.123 e. The normalized spacial score (nSPS) is 13.8. The highest BCUT2D eigenvalue weighted by Crippen LogP contribution is 2.51. The van der Waals surface area contributed by atoms with E-state index in [1.54, 1.807) is 0 Å². The van der Waals surface area contributed by atoms with Gasteiger partial charge in [0.2, 0.25) is 0 Å². The standard InChI is InChI=1S/C61H92O4S4/c1-54(2,3)40-28-36(29-41(50(40)62)55(4,5)6)66-48(67-37-30-42(56(7,8)9)51(63)43(31-37)57(10,11)12)26-25-27-49(68-38-32-44(58(13,14)15)52(64)45(33-38)59(16,17)18)69-39-34-46(60(19,20)21)53(65)47(35-39)61(22,23)24/h28-35,48-49,62-65H,25-27H2,1-24H3. The van der Waals surface area contributed by atoms with Gasteiger partial charge < -0.3 is 20.4 Å². The largest absolute Gasteiger partial charge is 0.507 e. The Morgan fingerprint density at radius 1 is 0.275 bits per heavy atom. The number of benzene rings is 4. The van der Waals surface area contributed by atoms with Crippen LogP contribution < -0.4 is 0 Å². The molecular formula is C61H92O4S4. The summed E-state index contributed by atoms with van der Waals surface area (Å²) < 4.78 is 0.219. The molecule has 0 spiro atoms. The van der Waals surface area contributed by atoms with E-state index < -0.39 is 0 Å². The molecule has 0 fully saturated rings. The van der Waals surface area contributed by atoms with Gasteiger partial charge in [0.15, 0.2) is 0 Å². The van der Waals surface area contributed by atoms with Crippen LogP contribution in [0.15, 0.2) is 68.1 Å². The average Bonchev–Trinajstić information content (AvgIpc) is 3.13. The van der Waals surface area contributed by atoms with Crippen LogP contribution >= 0.6 is 47.0 Å². The van der Waals surface area contributed by atoms with Gasteiger partial charge in [-0.05, 0) is 111 Å². The Kier molecular flexibility index (Phi) is 17.8. The lowest BCUT2D eigenvalue weighted by molar-refractivity contribution is 0.421. The maximum atomic E-state index is 11.7. The van der Waals surface area contributed by atoms with E-state index in [1.807, 2.05) is 47.0 Å². The van der Waals surface area contributed by atoms with Gasteiger partial charge >= 0.3 is 0 Å². The fraction of sp³-hybridized carbons (Fsp3) is 0.607. The van der Waals surface area contributed by atoms with Crippen molar-refractivity contribution in [1.82, 2.24) is 0 Å². The predicted octanol–water partition coefficient (Wildman–Crippen LogP) is 19.2. The van der Waals surface area contributed by atoms with Crippen molar-refractivity contribution < 1.29 is 20.4 Å². The first-order valence-electron chi connectivity index (χ1n) is 25.1. The summed E-state index contributed by atoms with van der Waals surface area (Å²) in [6.07, 6.45) is 2.76. The summed E-state index contributed by atoms with van der Waals surface area (Å²) in [5, 5.41) is 47.0. The molecule has 0 saturated heterocycles. The van der Waals surface area contributed by atoms with Crippen molar-refractivity contribution in [3.05, 3.63) is 93.0 Å². The van der Waals surface area contributed by atoms with E-state index in [-0.39, 0.29) is 52.5 Å². The van der Waals surface area contributed by atoms with Gasteiger partial charge in [0, 0.05) is 64.1 Å². The minimum Gasteiger partial charge on any atom is -0.507 e. The van der Waals surface area contributed by atoms with Gasteiger partial charge in [0.1, 0.15) is 23.0 Å². The number of aromatic hydroxyl groups is 4. The second kappa shape index (κ2) is 20.8. The fourth-order valence-electron chi connectivity index (χ4n) is 8.62. The summed E-state index contributed by atoms with van der Waals surface area (Å²) in [7, 11) is 0. The Morgan fingerprint density at radius 3 is 0.522 bits per heavy atom. The summed E-state index contributed by atoms with van der Waals surface area (Å²) in [6, 6.07) is 17.7. The van der Waals surface area contributed by atoms with Gasteiger partial charge in [0.05, 0.1) is 9.16 Å². The van der Waals surface area contributed by atoms with Gasteiger partial charge in [-0.2, -0.15) is 0 Å². The maximum Gasteiger partial charge on any atom is 0.123 e. The summed E-state index contributed by atoms with van der Waals surface area (Å²) in [4.78, 5) is 4.59. The average molecular weight is 1020 g/mol. The van der Waals surface area contributed by atoms with Crippen LogP contribution in [0.4, 0.5) is 0 Å². The van der Waals surface area contributed by atoms with E-state index in [4.69, 9.17) is 0 Å². The Hall–Kier alpha value is -2.52. The first-order chi connectivity index (χ1) is 30.9. The van der Waals surface area contributed by atoms with E-state index in [2.05, 4.69) is 215 Å². The Bertz CT molecular complexity index is 1960. The van der Waals surface area contributed by atoms with E-state index >= 15 is 0 Å². The number of phenolic OH excluding ortho intramolecular Hbond substituents is 4. The molecule has 0 bridgehead atoms. The minimum atomic E-state index is -0.257. The molecule has 4 aromatic rings. The van der Waals surface area contributed by atoms with Crippen LogP contribution in [0, 0.1) is 0 Å². The topological polar surface area (TPSA) is 80.9 Å². The second-order valence-corrected chi connectivity index (χ2v) is 33.4. The molecule has 0 amide bonds. The molecule has 8 heteroatoms. The van der Waals surface area contributed by atoms with Gasteiger partial charge in [-0.3, -0.25) is 0 Å². The highest BCUT2D eigenvalue weighted by molar-refractivity contribution is 8.17. The lowest BCUT2D eigenvalue weighted by Crippen LogP contribution is -2.18. The highest BCUT2D eigenvalue weighted by atomic mass is 32.2. The molecule has 0 aliphatic heterocycles. The highest BCUT2D eigenvalue weighted by Gasteiger charge is 2.33. The first-order valence-corrected chi connectivity index (χ1v) is 28.6. The maximum absolute atomic E-state index is 11.7. The second-order valence-electron chi connectivity index (χ2n) is 27.7. The van der Waals surface area contributed by atoms with Gasteiger partial charge in [-0.25, -0.2) is 0 Å². The summed E-state index contributed by atoms with van der Waals surface area (Å²) >= 11 is 7.54. The van der Waals surface area contributed by atoms with Gasteiger partial charge in [-0.15, -0.1) is 47.0 Å². The molecule has 0 unspecified atom stereocenters. The Morgan fingerprint density at radius 2 is 0.406 bits per heavy atom. The monoisotopic (exact) mass is 1020 g/mol. The van der Waals surface area contributed by atoms with Crippen LogP contribution in [0.5, 0.6) is 23.0 Å². The van der Waals surface area contributed by atoms with Crippen LogP contribution in [0.2, 0.25) is 0 Å². The summed E-state index contributed by atoms with van der Waals surface area (Å²) in [5.41, 5.74) is 5.61. The van der Waals surface area contributed by atoms with Crippen molar-refractivity contribution in [1.29, 1.82) is 0 Å². The predicted molar refractivity (Wildman–Crippen MR) is 307 cm³/mol. The minimum absolute atomic E-state index is 0.110. The van der Waals surface area contributed by atoms with Crippen molar-refractivity contribution in [2.24, 2.45) is 0 Å². The number of phenols is 4. The Labute approximate surface area is 438 Å². The molecule has 0 radical (unpaired) electrons. The quantitative estimate of drug-likeness (QED) is 0.0826. The van der Waals surface area contributed by atoms with Crippen molar-refractivity contribution >= 4 is 47.0 Å². The third kappa shape index (κ3) is 15.3. The molecule has 384 valence electrons.